The third kappa shape index (κ3) is 6.03. The van der Waals surface area contributed by atoms with Crippen LogP contribution in [0.1, 0.15) is 15.9 Å². The Hall–Kier alpha value is -2.92. The molecule has 5 heteroatoms. The van der Waals surface area contributed by atoms with Gasteiger partial charge in [-0.15, -0.1) is 11.8 Å². The lowest BCUT2D eigenvalue weighted by Crippen LogP contribution is -2.26. The molecule has 0 unspecified atom stereocenters. The number of rotatable bonds is 9. The first kappa shape index (κ1) is 20.8. The summed E-state index contributed by atoms with van der Waals surface area (Å²) in [6.45, 7) is 1.10. The van der Waals surface area contributed by atoms with Crippen molar-refractivity contribution in [3.05, 3.63) is 90.0 Å². The van der Waals surface area contributed by atoms with Crippen molar-refractivity contribution in [3.8, 4) is 11.5 Å². The Morgan fingerprint density at radius 3 is 2.34 bits per heavy atom. The highest BCUT2D eigenvalue weighted by Crippen LogP contribution is 2.21. The van der Waals surface area contributed by atoms with E-state index in [-0.39, 0.29) is 5.91 Å². The van der Waals surface area contributed by atoms with E-state index in [1.165, 1.54) is 4.90 Å². The molecule has 1 amide bonds. The highest BCUT2D eigenvalue weighted by molar-refractivity contribution is 7.99. The number of para-hydroxylation sites is 1. The van der Waals surface area contributed by atoms with Gasteiger partial charge in [-0.25, -0.2) is 0 Å². The third-order valence-electron chi connectivity index (χ3n) is 4.41. The molecule has 0 N–H and O–H groups in total. The Balaban J connectivity index is 1.50. The summed E-state index contributed by atoms with van der Waals surface area (Å²) < 4.78 is 11.2. The largest absolute Gasteiger partial charge is 0.496 e. The zero-order valence-electron chi connectivity index (χ0n) is 16.7. The van der Waals surface area contributed by atoms with Crippen LogP contribution in [0.2, 0.25) is 0 Å². The molecule has 0 aliphatic rings. The first-order valence-corrected chi connectivity index (χ1v) is 10.4. The summed E-state index contributed by atoms with van der Waals surface area (Å²) in [6.07, 6.45) is 0. The molecule has 0 atom stereocenters. The van der Waals surface area contributed by atoms with Crippen molar-refractivity contribution < 1.29 is 14.3 Å². The van der Waals surface area contributed by atoms with Gasteiger partial charge in [-0.3, -0.25) is 4.79 Å². The Morgan fingerprint density at radius 1 is 0.931 bits per heavy atom. The number of nitrogens with zero attached hydrogens (tertiary/aromatic N) is 1. The lowest BCUT2D eigenvalue weighted by atomic mass is 10.1. The fraction of sp³-hybridized carbons (Fsp3) is 0.208. The number of carbonyl (C=O) groups excluding carboxylic acids is 1. The van der Waals surface area contributed by atoms with Crippen LogP contribution in [0.3, 0.4) is 0 Å². The molecule has 0 aliphatic carbocycles. The molecule has 3 rings (SSSR count). The summed E-state index contributed by atoms with van der Waals surface area (Å²) in [5.41, 5.74) is 1.61. The van der Waals surface area contributed by atoms with E-state index in [0.717, 1.165) is 22.8 Å². The normalized spacial score (nSPS) is 10.4. The number of hydrogen-bond donors (Lipinski definition) is 0. The predicted octanol–water partition coefficient (Wildman–Crippen LogP) is 5.14. The van der Waals surface area contributed by atoms with Gasteiger partial charge in [0.2, 0.25) is 0 Å². The number of carbonyl (C=O) groups is 1. The number of hydrogen-bond acceptors (Lipinski definition) is 4. The Bertz CT molecular complexity index is 913. The first-order chi connectivity index (χ1) is 14.2. The molecule has 0 spiro atoms. The van der Waals surface area contributed by atoms with Crippen LogP contribution in [0.25, 0.3) is 0 Å². The molecular formula is C24H25NO3S. The molecule has 0 heterocycles. The van der Waals surface area contributed by atoms with Crippen LogP contribution in [0.4, 0.5) is 0 Å². The van der Waals surface area contributed by atoms with E-state index < -0.39 is 0 Å². The number of benzene rings is 3. The quantitative estimate of drug-likeness (QED) is 0.364. The number of thioether (sulfide) groups is 1. The van der Waals surface area contributed by atoms with Crippen LogP contribution in [0.15, 0.2) is 83.8 Å². The van der Waals surface area contributed by atoms with Gasteiger partial charge in [0.1, 0.15) is 11.5 Å². The van der Waals surface area contributed by atoms with Gasteiger partial charge in [0.25, 0.3) is 5.91 Å². The third-order valence-corrected chi connectivity index (χ3v) is 5.39. The van der Waals surface area contributed by atoms with E-state index in [1.54, 1.807) is 43.0 Å². The van der Waals surface area contributed by atoms with E-state index in [0.29, 0.717) is 18.7 Å². The van der Waals surface area contributed by atoms with Crippen molar-refractivity contribution in [2.75, 3.05) is 26.5 Å². The SMILES string of the molecule is COc1ccccc1CN(C)C(=O)c1ccc(OCCSc2ccccc2)cc1. The zero-order valence-corrected chi connectivity index (χ0v) is 17.5. The van der Waals surface area contributed by atoms with Gasteiger partial charge < -0.3 is 14.4 Å². The van der Waals surface area contributed by atoms with Gasteiger partial charge in [-0.05, 0) is 42.5 Å². The molecule has 0 aliphatic heterocycles. The molecule has 4 nitrogen and oxygen atoms in total. The van der Waals surface area contributed by atoms with E-state index >= 15 is 0 Å². The number of ether oxygens (including phenoxy) is 2. The van der Waals surface area contributed by atoms with E-state index in [9.17, 15) is 4.79 Å². The van der Waals surface area contributed by atoms with Crippen molar-refractivity contribution in [2.24, 2.45) is 0 Å². The van der Waals surface area contributed by atoms with Gasteiger partial charge in [0.05, 0.1) is 13.7 Å². The first-order valence-electron chi connectivity index (χ1n) is 9.45. The minimum absolute atomic E-state index is 0.0397. The molecule has 29 heavy (non-hydrogen) atoms. The van der Waals surface area contributed by atoms with Crippen LogP contribution in [-0.2, 0) is 6.54 Å². The maximum atomic E-state index is 12.7. The van der Waals surface area contributed by atoms with Gasteiger partial charge >= 0.3 is 0 Å². The number of amides is 1. The highest BCUT2D eigenvalue weighted by Gasteiger charge is 2.14. The van der Waals surface area contributed by atoms with Gasteiger partial charge in [-0.1, -0.05) is 36.4 Å². The van der Waals surface area contributed by atoms with Crippen LogP contribution in [0.5, 0.6) is 11.5 Å². The topological polar surface area (TPSA) is 38.8 Å². The lowest BCUT2D eigenvalue weighted by Gasteiger charge is -2.19. The van der Waals surface area contributed by atoms with E-state index in [4.69, 9.17) is 9.47 Å². The second-order valence-electron chi connectivity index (χ2n) is 6.51. The minimum Gasteiger partial charge on any atom is -0.496 e. The van der Waals surface area contributed by atoms with Crippen molar-refractivity contribution >= 4 is 17.7 Å². The van der Waals surface area contributed by atoms with Crippen LogP contribution in [0, 0.1) is 0 Å². The maximum absolute atomic E-state index is 12.7. The lowest BCUT2D eigenvalue weighted by molar-refractivity contribution is 0.0784. The summed E-state index contributed by atoms with van der Waals surface area (Å²) in [6, 6.07) is 25.3. The van der Waals surface area contributed by atoms with Crippen molar-refractivity contribution in [3.63, 3.8) is 0 Å². The van der Waals surface area contributed by atoms with E-state index in [1.807, 2.05) is 54.6 Å². The average Bonchev–Trinajstić information content (AvgIpc) is 2.77. The summed E-state index contributed by atoms with van der Waals surface area (Å²) in [5.74, 6) is 2.38. The van der Waals surface area contributed by atoms with Crippen LogP contribution >= 0.6 is 11.8 Å². The van der Waals surface area contributed by atoms with Crippen molar-refractivity contribution in [2.45, 2.75) is 11.4 Å². The van der Waals surface area contributed by atoms with Crippen molar-refractivity contribution in [1.82, 2.24) is 4.90 Å². The Labute approximate surface area is 176 Å². The van der Waals surface area contributed by atoms with E-state index in [2.05, 4.69) is 12.1 Å². The molecule has 3 aromatic carbocycles. The summed E-state index contributed by atoms with van der Waals surface area (Å²) in [4.78, 5) is 15.6. The molecule has 0 radical (unpaired) electrons. The van der Waals surface area contributed by atoms with Gasteiger partial charge in [-0.2, -0.15) is 0 Å². The Morgan fingerprint density at radius 2 is 1.62 bits per heavy atom. The highest BCUT2D eigenvalue weighted by atomic mass is 32.2. The fourth-order valence-electron chi connectivity index (χ4n) is 2.91. The predicted molar refractivity (Wildman–Crippen MR) is 118 cm³/mol. The average molecular weight is 408 g/mol. The summed E-state index contributed by atoms with van der Waals surface area (Å²) in [5, 5.41) is 0. The molecule has 0 aromatic heterocycles. The zero-order chi connectivity index (χ0) is 20.5. The standard InChI is InChI=1S/C24H25NO3S/c1-25(18-20-8-6-7-11-23(20)27-2)24(26)19-12-14-21(15-13-19)28-16-17-29-22-9-4-3-5-10-22/h3-15H,16-18H2,1-2H3. The van der Waals surface area contributed by atoms with Crippen LogP contribution < -0.4 is 9.47 Å². The fourth-order valence-corrected chi connectivity index (χ4v) is 3.66. The second kappa shape index (κ2) is 10.6. The van der Waals surface area contributed by atoms with Gasteiger partial charge in [0, 0.05) is 35.4 Å². The molecule has 150 valence electrons. The number of methoxy groups -OCH3 is 1. The molecule has 0 bridgehead atoms. The molecule has 0 saturated heterocycles. The molecule has 0 saturated carbocycles. The summed E-state index contributed by atoms with van der Waals surface area (Å²) in [7, 11) is 3.43. The molecule has 0 fully saturated rings. The molecule has 3 aromatic rings. The monoisotopic (exact) mass is 407 g/mol. The molecular weight excluding hydrogens is 382 g/mol. The summed E-state index contributed by atoms with van der Waals surface area (Å²) >= 11 is 1.76. The smallest absolute Gasteiger partial charge is 0.253 e. The maximum Gasteiger partial charge on any atom is 0.253 e. The second-order valence-corrected chi connectivity index (χ2v) is 7.68. The van der Waals surface area contributed by atoms with Crippen LogP contribution in [-0.4, -0.2) is 37.3 Å². The minimum atomic E-state index is -0.0397. The van der Waals surface area contributed by atoms with Crippen molar-refractivity contribution in [1.29, 1.82) is 0 Å². The van der Waals surface area contributed by atoms with Gasteiger partial charge in [0.15, 0.2) is 0 Å². The Kier molecular flexibility index (Phi) is 7.59.